The minimum absolute atomic E-state index is 0.0762. The van der Waals surface area contributed by atoms with Gasteiger partial charge in [0.05, 0.1) is 0 Å². The number of rotatable bonds is 7. The number of ether oxygens (including phenoxy) is 1. The van der Waals surface area contributed by atoms with Crippen LogP contribution in [0.25, 0.3) is 0 Å². The van der Waals surface area contributed by atoms with Gasteiger partial charge in [-0.25, -0.2) is 0 Å². The normalized spacial score (nSPS) is 18.1. The number of amides is 1. The maximum atomic E-state index is 12.9. The monoisotopic (exact) mass is 352 g/mol. The average molecular weight is 352 g/mol. The van der Waals surface area contributed by atoms with E-state index in [0.29, 0.717) is 12.5 Å². The van der Waals surface area contributed by atoms with Crippen LogP contribution in [0.2, 0.25) is 0 Å². The fourth-order valence-electron chi connectivity index (χ4n) is 3.37. The quantitative estimate of drug-likeness (QED) is 0.802. The van der Waals surface area contributed by atoms with Gasteiger partial charge >= 0.3 is 0 Å². The van der Waals surface area contributed by atoms with Crippen molar-refractivity contribution in [1.29, 1.82) is 0 Å². The Morgan fingerprint density at radius 1 is 1.19 bits per heavy atom. The van der Waals surface area contributed by atoms with Gasteiger partial charge in [0.25, 0.3) is 5.91 Å². The van der Waals surface area contributed by atoms with Crippen molar-refractivity contribution in [1.82, 2.24) is 10.6 Å². The second-order valence-corrected chi connectivity index (χ2v) is 6.83. The molecular formula is C22H28N2O2. The van der Waals surface area contributed by atoms with Crippen molar-refractivity contribution in [2.24, 2.45) is 5.92 Å². The van der Waals surface area contributed by atoms with E-state index in [-0.39, 0.29) is 5.91 Å². The van der Waals surface area contributed by atoms with E-state index in [1.165, 1.54) is 6.42 Å². The molecule has 2 aromatic rings. The predicted octanol–water partition coefficient (Wildman–Crippen LogP) is 3.48. The molecular weight excluding hydrogens is 324 g/mol. The Bertz CT molecular complexity index is 696. The van der Waals surface area contributed by atoms with Gasteiger partial charge in [-0.15, -0.1) is 0 Å². The number of piperidine rings is 1. The summed E-state index contributed by atoms with van der Waals surface area (Å²) >= 11 is 0. The van der Waals surface area contributed by atoms with Gasteiger partial charge in [0.15, 0.2) is 0 Å². The highest BCUT2D eigenvalue weighted by molar-refractivity contribution is 5.82. The third-order valence-corrected chi connectivity index (χ3v) is 4.90. The molecule has 0 bridgehead atoms. The summed E-state index contributed by atoms with van der Waals surface area (Å²) in [6.45, 7) is 4.83. The van der Waals surface area contributed by atoms with E-state index in [2.05, 4.69) is 17.6 Å². The second kappa shape index (κ2) is 9.39. The summed E-state index contributed by atoms with van der Waals surface area (Å²) in [5.74, 6) is 1.19. The van der Waals surface area contributed by atoms with Crippen LogP contribution in [-0.2, 0) is 11.2 Å². The maximum absolute atomic E-state index is 12.9. The molecule has 1 aliphatic rings. The Labute approximate surface area is 156 Å². The number of hydrogen-bond acceptors (Lipinski definition) is 3. The Morgan fingerprint density at radius 3 is 2.69 bits per heavy atom. The van der Waals surface area contributed by atoms with Gasteiger partial charge in [-0.05, 0) is 49.9 Å². The van der Waals surface area contributed by atoms with E-state index < -0.39 is 6.10 Å². The first-order chi connectivity index (χ1) is 12.8. The smallest absolute Gasteiger partial charge is 0.265 e. The van der Waals surface area contributed by atoms with E-state index >= 15 is 0 Å². The summed E-state index contributed by atoms with van der Waals surface area (Å²) in [5, 5.41) is 6.50. The molecule has 1 amide bonds. The lowest BCUT2D eigenvalue weighted by Gasteiger charge is -2.25. The Balaban J connectivity index is 1.73. The van der Waals surface area contributed by atoms with Gasteiger partial charge in [0.2, 0.25) is 6.10 Å². The second-order valence-electron chi connectivity index (χ2n) is 6.83. The van der Waals surface area contributed by atoms with Crippen molar-refractivity contribution in [2.45, 2.75) is 32.3 Å². The van der Waals surface area contributed by atoms with E-state index in [4.69, 9.17) is 4.74 Å². The molecule has 1 heterocycles. The minimum Gasteiger partial charge on any atom is -0.476 e. The molecule has 0 radical (unpaired) electrons. The van der Waals surface area contributed by atoms with Crippen molar-refractivity contribution < 1.29 is 9.53 Å². The molecule has 2 N–H and O–H groups in total. The van der Waals surface area contributed by atoms with Crippen LogP contribution in [-0.4, -0.2) is 25.5 Å². The standard InChI is InChI=1S/C22H28N2O2/c1-2-18-10-6-7-13-20(18)26-21(19-11-4-3-5-12-19)22(25)24-16-17-9-8-14-23-15-17/h3-7,10-13,17,21,23H,2,8-9,14-16H2,1H3,(H,24,25). The Morgan fingerprint density at radius 2 is 1.96 bits per heavy atom. The maximum Gasteiger partial charge on any atom is 0.265 e. The number of carbonyl (C=O) groups is 1. The van der Waals surface area contributed by atoms with Gasteiger partial charge in [0.1, 0.15) is 5.75 Å². The van der Waals surface area contributed by atoms with Crippen molar-refractivity contribution in [3.8, 4) is 5.75 Å². The first-order valence-electron chi connectivity index (χ1n) is 9.56. The summed E-state index contributed by atoms with van der Waals surface area (Å²) in [6, 6.07) is 17.7. The number of carbonyl (C=O) groups excluding carboxylic acids is 1. The van der Waals surface area contributed by atoms with Crippen LogP contribution in [0.5, 0.6) is 5.75 Å². The first kappa shape index (κ1) is 18.5. The molecule has 4 nitrogen and oxygen atoms in total. The number of benzene rings is 2. The van der Waals surface area contributed by atoms with Crippen LogP contribution in [0, 0.1) is 5.92 Å². The molecule has 0 aromatic heterocycles. The van der Waals surface area contributed by atoms with Gasteiger partial charge in [-0.3, -0.25) is 4.79 Å². The highest BCUT2D eigenvalue weighted by Crippen LogP contribution is 2.26. The van der Waals surface area contributed by atoms with E-state index in [0.717, 1.165) is 42.8 Å². The molecule has 3 rings (SSSR count). The molecule has 26 heavy (non-hydrogen) atoms. The average Bonchev–Trinajstić information content (AvgIpc) is 2.72. The molecule has 0 aliphatic carbocycles. The summed E-state index contributed by atoms with van der Waals surface area (Å²) < 4.78 is 6.20. The van der Waals surface area contributed by atoms with Crippen LogP contribution in [0.1, 0.15) is 37.0 Å². The highest BCUT2D eigenvalue weighted by Gasteiger charge is 2.24. The fourth-order valence-corrected chi connectivity index (χ4v) is 3.37. The molecule has 1 saturated heterocycles. The third-order valence-electron chi connectivity index (χ3n) is 4.90. The molecule has 2 aromatic carbocycles. The van der Waals surface area contributed by atoms with Gasteiger partial charge in [-0.2, -0.15) is 0 Å². The van der Waals surface area contributed by atoms with E-state index in [9.17, 15) is 4.79 Å². The SMILES string of the molecule is CCc1ccccc1OC(C(=O)NCC1CCCNC1)c1ccccc1. The van der Waals surface area contributed by atoms with Gasteiger partial charge in [0, 0.05) is 12.1 Å². The zero-order valence-corrected chi connectivity index (χ0v) is 15.4. The largest absolute Gasteiger partial charge is 0.476 e. The molecule has 1 fully saturated rings. The lowest BCUT2D eigenvalue weighted by atomic mass is 9.99. The van der Waals surface area contributed by atoms with E-state index in [1.807, 2.05) is 54.6 Å². The van der Waals surface area contributed by atoms with Crippen LogP contribution < -0.4 is 15.4 Å². The molecule has 1 aliphatic heterocycles. The van der Waals surface area contributed by atoms with Gasteiger partial charge < -0.3 is 15.4 Å². The lowest BCUT2D eigenvalue weighted by Crippen LogP contribution is -2.40. The first-order valence-corrected chi connectivity index (χ1v) is 9.56. The number of nitrogens with one attached hydrogen (secondary N) is 2. The molecule has 0 saturated carbocycles. The Hall–Kier alpha value is -2.33. The van der Waals surface area contributed by atoms with Crippen molar-refractivity contribution in [2.75, 3.05) is 19.6 Å². The van der Waals surface area contributed by atoms with Crippen LogP contribution >= 0.6 is 0 Å². The summed E-state index contributed by atoms with van der Waals surface area (Å²) in [4.78, 5) is 12.9. The topological polar surface area (TPSA) is 50.4 Å². The molecule has 0 spiro atoms. The molecule has 4 heteroatoms. The highest BCUT2D eigenvalue weighted by atomic mass is 16.5. The fraction of sp³-hybridized carbons (Fsp3) is 0.409. The molecule has 2 unspecified atom stereocenters. The Kier molecular flexibility index (Phi) is 6.67. The van der Waals surface area contributed by atoms with Crippen LogP contribution in [0.15, 0.2) is 54.6 Å². The van der Waals surface area contributed by atoms with Crippen molar-refractivity contribution in [3.63, 3.8) is 0 Å². The number of aryl methyl sites for hydroxylation is 1. The summed E-state index contributed by atoms with van der Waals surface area (Å²) in [7, 11) is 0. The zero-order valence-electron chi connectivity index (χ0n) is 15.4. The summed E-state index contributed by atoms with van der Waals surface area (Å²) in [6.07, 6.45) is 2.55. The van der Waals surface area contributed by atoms with Crippen molar-refractivity contribution >= 4 is 5.91 Å². The summed E-state index contributed by atoms with van der Waals surface area (Å²) in [5.41, 5.74) is 1.98. The molecule has 138 valence electrons. The van der Waals surface area contributed by atoms with Crippen LogP contribution in [0.3, 0.4) is 0 Å². The van der Waals surface area contributed by atoms with Gasteiger partial charge in [-0.1, -0.05) is 55.5 Å². The minimum atomic E-state index is -0.638. The zero-order chi connectivity index (χ0) is 18.2. The molecule has 2 atom stereocenters. The third kappa shape index (κ3) is 4.85. The predicted molar refractivity (Wildman–Crippen MR) is 104 cm³/mol. The van der Waals surface area contributed by atoms with Crippen molar-refractivity contribution in [3.05, 3.63) is 65.7 Å². The van der Waals surface area contributed by atoms with E-state index in [1.54, 1.807) is 0 Å². The number of para-hydroxylation sites is 1. The lowest BCUT2D eigenvalue weighted by molar-refractivity contribution is -0.128. The van der Waals surface area contributed by atoms with Crippen LogP contribution in [0.4, 0.5) is 0 Å². The number of hydrogen-bond donors (Lipinski definition) is 2.